The van der Waals surface area contributed by atoms with Gasteiger partial charge < -0.3 is 4.48 Å². The summed E-state index contributed by atoms with van der Waals surface area (Å²) >= 11 is 8.23. The Kier molecular flexibility index (Phi) is 5.30. The third-order valence-corrected chi connectivity index (χ3v) is 8.62. The van der Waals surface area contributed by atoms with E-state index in [1.165, 1.54) is 67.8 Å². The lowest BCUT2D eigenvalue weighted by atomic mass is 10.0. The van der Waals surface area contributed by atoms with Crippen LogP contribution >= 0.6 is 31.9 Å². The third-order valence-electron chi connectivity index (χ3n) is 6.61. The lowest BCUT2D eigenvalue weighted by Gasteiger charge is -2.61. The number of hydrogen-bond acceptors (Lipinski definition) is 0. The van der Waals surface area contributed by atoms with Crippen molar-refractivity contribution in [3.8, 4) is 0 Å². The minimum Gasteiger partial charge on any atom is -0.307 e. The molecule has 2 bridgehead atoms. The number of nitrogens with zero attached hydrogens (tertiary/aromatic N) is 2. The lowest BCUT2D eigenvalue weighted by Crippen LogP contribution is -2.81. The van der Waals surface area contributed by atoms with Crippen LogP contribution in [0.3, 0.4) is 0 Å². The number of fused-ring (bicyclic) bond motifs is 3. The summed E-state index contributed by atoms with van der Waals surface area (Å²) in [7, 11) is 0. The monoisotopic (exact) mass is 478 g/mol. The zero-order valence-electron chi connectivity index (χ0n) is 15.3. The van der Waals surface area contributed by atoms with E-state index in [4.69, 9.17) is 0 Å². The van der Waals surface area contributed by atoms with Crippen molar-refractivity contribution >= 4 is 31.9 Å². The summed E-state index contributed by atoms with van der Waals surface area (Å²) in [5, 5.41) is 0. The first-order chi connectivity index (χ1) is 12.5. The van der Waals surface area contributed by atoms with Gasteiger partial charge in [0.05, 0.1) is 13.1 Å². The van der Waals surface area contributed by atoms with Gasteiger partial charge in [-0.05, 0) is 11.1 Å². The Bertz CT molecular complexity index is 722. The number of alkyl halides is 2. The summed E-state index contributed by atoms with van der Waals surface area (Å²) < 4.78 is 2.42. The molecule has 0 aromatic heterocycles. The SMILES string of the molecule is BrC1(Br)C[N+]2(CCc3ccccc3)CC[N+]1(CCc1ccccc1)CC2. The number of piperazine rings is 3. The van der Waals surface area contributed by atoms with E-state index in [0.717, 1.165) is 10.9 Å². The van der Waals surface area contributed by atoms with Gasteiger partial charge in [0.25, 0.3) is 3.36 Å². The summed E-state index contributed by atoms with van der Waals surface area (Å²) in [4.78, 5) is 0. The molecular formula is C22H28Br2N2+2. The Morgan fingerprint density at radius 3 is 1.69 bits per heavy atom. The molecule has 0 spiro atoms. The van der Waals surface area contributed by atoms with Crippen LogP contribution in [0.25, 0.3) is 0 Å². The van der Waals surface area contributed by atoms with Crippen molar-refractivity contribution in [2.75, 3.05) is 45.8 Å². The largest absolute Gasteiger partial charge is 0.307 e. The maximum absolute atomic E-state index is 4.11. The zero-order valence-corrected chi connectivity index (χ0v) is 18.5. The number of rotatable bonds is 6. The summed E-state index contributed by atoms with van der Waals surface area (Å²) in [5.74, 6) is 0. The van der Waals surface area contributed by atoms with E-state index >= 15 is 0 Å². The van der Waals surface area contributed by atoms with Gasteiger partial charge in [0.2, 0.25) is 0 Å². The molecule has 5 rings (SSSR count). The van der Waals surface area contributed by atoms with Crippen LogP contribution in [0.2, 0.25) is 0 Å². The highest BCUT2D eigenvalue weighted by atomic mass is 79.9. The van der Waals surface area contributed by atoms with Gasteiger partial charge in [0.1, 0.15) is 26.2 Å². The van der Waals surface area contributed by atoms with E-state index in [2.05, 4.69) is 92.5 Å². The van der Waals surface area contributed by atoms with Gasteiger partial charge in [-0.2, -0.15) is 0 Å². The second-order valence-corrected chi connectivity index (χ2v) is 11.8. The van der Waals surface area contributed by atoms with Crippen molar-refractivity contribution < 1.29 is 8.97 Å². The average Bonchev–Trinajstić information content (AvgIpc) is 2.67. The van der Waals surface area contributed by atoms with Gasteiger partial charge in [-0.15, -0.1) is 0 Å². The molecule has 2 aromatic rings. The van der Waals surface area contributed by atoms with Gasteiger partial charge in [0.15, 0.2) is 6.54 Å². The molecule has 3 fully saturated rings. The Morgan fingerprint density at radius 1 is 0.692 bits per heavy atom. The predicted octanol–water partition coefficient (Wildman–Crippen LogP) is 4.58. The summed E-state index contributed by atoms with van der Waals surface area (Å²) in [6, 6.07) is 21.9. The molecule has 0 saturated carbocycles. The first kappa shape index (κ1) is 18.7. The van der Waals surface area contributed by atoms with Gasteiger partial charge >= 0.3 is 0 Å². The Hall–Kier alpha value is -0.680. The first-order valence-electron chi connectivity index (χ1n) is 9.70. The van der Waals surface area contributed by atoms with E-state index in [-0.39, 0.29) is 3.36 Å². The van der Waals surface area contributed by atoms with E-state index in [1.807, 2.05) is 0 Å². The topological polar surface area (TPSA) is 0 Å². The average molecular weight is 480 g/mol. The Morgan fingerprint density at radius 2 is 1.19 bits per heavy atom. The molecule has 4 heteroatoms. The maximum atomic E-state index is 4.11. The van der Waals surface area contributed by atoms with Crippen molar-refractivity contribution in [2.45, 2.75) is 16.2 Å². The molecule has 2 aromatic carbocycles. The smallest absolute Gasteiger partial charge is 0.257 e. The second-order valence-electron chi connectivity index (χ2n) is 8.12. The van der Waals surface area contributed by atoms with Crippen LogP contribution in [0.5, 0.6) is 0 Å². The van der Waals surface area contributed by atoms with Crippen LogP contribution in [0.15, 0.2) is 60.7 Å². The maximum Gasteiger partial charge on any atom is 0.257 e. The Labute approximate surface area is 174 Å². The highest BCUT2D eigenvalue weighted by Crippen LogP contribution is 2.47. The molecule has 26 heavy (non-hydrogen) atoms. The highest BCUT2D eigenvalue weighted by molar-refractivity contribution is 9.25. The molecule has 0 aliphatic carbocycles. The van der Waals surface area contributed by atoms with Crippen LogP contribution in [0.1, 0.15) is 11.1 Å². The molecule has 0 atom stereocenters. The normalized spacial score (nSPS) is 29.6. The number of hydrogen-bond donors (Lipinski definition) is 0. The number of benzene rings is 2. The summed E-state index contributed by atoms with van der Waals surface area (Å²) in [6.45, 7) is 8.77. The standard InChI is InChI=1S/C22H28Br2N2/c23-22(24)19-25(13-11-20-7-3-1-4-8-20)15-17-26(22,18-16-25)14-12-21-9-5-2-6-10-21/h1-10H,11-19H2/q+2. The van der Waals surface area contributed by atoms with Crippen molar-refractivity contribution in [3.63, 3.8) is 0 Å². The quantitative estimate of drug-likeness (QED) is 0.323. The molecule has 2 nitrogen and oxygen atoms in total. The molecule has 0 radical (unpaired) electrons. The van der Waals surface area contributed by atoms with Crippen LogP contribution in [0, 0.1) is 0 Å². The van der Waals surface area contributed by atoms with Crippen LogP contribution in [0.4, 0.5) is 0 Å². The highest BCUT2D eigenvalue weighted by Gasteiger charge is 2.62. The van der Waals surface area contributed by atoms with E-state index in [0.29, 0.717) is 0 Å². The summed E-state index contributed by atoms with van der Waals surface area (Å²) in [6.07, 6.45) is 2.34. The van der Waals surface area contributed by atoms with E-state index < -0.39 is 0 Å². The third kappa shape index (κ3) is 3.66. The fraction of sp³-hybridized carbons (Fsp3) is 0.455. The van der Waals surface area contributed by atoms with E-state index in [9.17, 15) is 0 Å². The zero-order chi connectivity index (χ0) is 18.1. The molecule has 138 valence electrons. The van der Waals surface area contributed by atoms with Crippen molar-refractivity contribution in [1.29, 1.82) is 0 Å². The van der Waals surface area contributed by atoms with Crippen LogP contribution in [-0.2, 0) is 12.8 Å². The van der Waals surface area contributed by atoms with E-state index in [1.54, 1.807) is 0 Å². The predicted molar refractivity (Wildman–Crippen MR) is 115 cm³/mol. The van der Waals surface area contributed by atoms with Gasteiger partial charge in [-0.3, -0.25) is 4.48 Å². The van der Waals surface area contributed by atoms with Gasteiger partial charge in [-0.25, -0.2) is 0 Å². The van der Waals surface area contributed by atoms with Gasteiger partial charge in [-0.1, -0.05) is 60.7 Å². The molecule has 0 N–H and O–H groups in total. The van der Waals surface area contributed by atoms with Crippen molar-refractivity contribution in [2.24, 2.45) is 0 Å². The summed E-state index contributed by atoms with van der Waals surface area (Å²) in [5.41, 5.74) is 2.92. The molecular weight excluding hydrogens is 452 g/mol. The molecule has 0 amide bonds. The van der Waals surface area contributed by atoms with Crippen molar-refractivity contribution in [3.05, 3.63) is 71.8 Å². The molecule has 3 saturated heterocycles. The number of halogens is 2. The van der Waals surface area contributed by atoms with Crippen molar-refractivity contribution in [1.82, 2.24) is 0 Å². The lowest BCUT2D eigenvalue weighted by molar-refractivity contribution is -1.09. The van der Waals surface area contributed by atoms with Crippen LogP contribution < -0.4 is 0 Å². The minimum absolute atomic E-state index is 0.0158. The minimum atomic E-state index is 0.0158. The Balaban J connectivity index is 1.43. The fourth-order valence-corrected chi connectivity index (χ4v) is 6.89. The molecule has 3 heterocycles. The fourth-order valence-electron chi connectivity index (χ4n) is 4.76. The molecule has 0 unspecified atom stereocenters. The number of quaternary nitrogens is 2. The molecule has 3 aliphatic rings. The second kappa shape index (κ2) is 7.38. The van der Waals surface area contributed by atoms with Crippen LogP contribution in [-0.4, -0.2) is 58.1 Å². The molecule has 3 aliphatic heterocycles. The first-order valence-corrected chi connectivity index (χ1v) is 11.3. The van der Waals surface area contributed by atoms with Gasteiger partial charge in [0, 0.05) is 44.7 Å².